The minimum atomic E-state index is 0.618. The third-order valence-electron chi connectivity index (χ3n) is 2.18. The van der Waals surface area contributed by atoms with Crippen LogP contribution in [-0.2, 0) is 6.54 Å². The molecule has 0 fully saturated rings. The molecule has 4 nitrogen and oxygen atoms in total. The van der Waals surface area contributed by atoms with Gasteiger partial charge >= 0.3 is 0 Å². The predicted octanol–water partition coefficient (Wildman–Crippen LogP) is 2.29. The molecule has 5 heteroatoms. The van der Waals surface area contributed by atoms with Gasteiger partial charge in [-0.15, -0.1) is 0 Å². The van der Waals surface area contributed by atoms with Gasteiger partial charge in [-0.1, -0.05) is 25.6 Å². The molecule has 0 saturated heterocycles. The fraction of sp³-hybridized carbons (Fsp3) is 0.444. The first kappa shape index (κ1) is 9.33. The molecule has 0 amide bonds. The highest BCUT2D eigenvalue weighted by Gasteiger charge is 2.03. The average Bonchev–Trinajstić information content (AvgIpc) is 2.59. The van der Waals surface area contributed by atoms with Crippen LogP contribution in [0.15, 0.2) is 12.7 Å². The fourth-order valence-corrected chi connectivity index (χ4v) is 1.69. The molecule has 2 rings (SSSR count). The summed E-state index contributed by atoms with van der Waals surface area (Å²) >= 11 is 5.15. The molecule has 74 valence electrons. The Morgan fingerprint density at radius 1 is 1.50 bits per heavy atom. The van der Waals surface area contributed by atoms with Crippen molar-refractivity contribution in [3.05, 3.63) is 17.3 Å². The summed E-state index contributed by atoms with van der Waals surface area (Å²) in [6.07, 6.45) is 5.70. The van der Waals surface area contributed by atoms with Gasteiger partial charge in [0, 0.05) is 6.54 Å². The Bertz CT molecular complexity index is 485. The van der Waals surface area contributed by atoms with Crippen LogP contribution in [0.1, 0.15) is 19.8 Å². The van der Waals surface area contributed by atoms with Gasteiger partial charge in [0.1, 0.15) is 5.52 Å². The Morgan fingerprint density at radius 3 is 3.14 bits per heavy atom. The van der Waals surface area contributed by atoms with Gasteiger partial charge in [-0.3, -0.25) is 0 Å². The molecule has 2 heterocycles. The molecule has 0 radical (unpaired) electrons. The molecule has 0 spiro atoms. The molecule has 0 aliphatic carbocycles. The monoisotopic (exact) mass is 208 g/mol. The second-order valence-electron chi connectivity index (χ2n) is 3.20. The van der Waals surface area contributed by atoms with Crippen LogP contribution in [0.4, 0.5) is 0 Å². The second kappa shape index (κ2) is 3.88. The van der Waals surface area contributed by atoms with E-state index >= 15 is 0 Å². The molecular formula is C9H12N4S. The van der Waals surface area contributed by atoms with E-state index in [0.717, 1.165) is 30.6 Å². The van der Waals surface area contributed by atoms with Crippen molar-refractivity contribution in [2.75, 3.05) is 0 Å². The molecule has 0 aliphatic heterocycles. The Hall–Kier alpha value is -1.23. The number of imidazole rings is 1. The Labute approximate surface area is 87.0 Å². The first-order valence-corrected chi connectivity index (χ1v) is 5.12. The van der Waals surface area contributed by atoms with E-state index in [1.54, 1.807) is 6.33 Å². The molecule has 0 atom stereocenters. The number of aromatic nitrogens is 4. The first-order valence-electron chi connectivity index (χ1n) is 4.71. The number of unbranched alkanes of at least 4 members (excludes halogenated alkanes) is 1. The molecule has 2 aromatic rings. The number of aryl methyl sites for hydroxylation is 1. The maximum Gasteiger partial charge on any atom is 0.160 e. The normalized spacial score (nSPS) is 10.9. The lowest BCUT2D eigenvalue weighted by Crippen LogP contribution is -1.96. The molecule has 2 aromatic heterocycles. The van der Waals surface area contributed by atoms with Crippen molar-refractivity contribution in [1.82, 2.24) is 19.5 Å². The third-order valence-corrected chi connectivity index (χ3v) is 2.47. The Balaban J connectivity index is 2.50. The zero-order chi connectivity index (χ0) is 9.97. The van der Waals surface area contributed by atoms with Crippen LogP contribution < -0.4 is 0 Å². The van der Waals surface area contributed by atoms with Gasteiger partial charge in [0.2, 0.25) is 0 Å². The number of H-pyrrole nitrogens is 1. The molecule has 0 aliphatic rings. The number of rotatable bonds is 3. The lowest BCUT2D eigenvalue weighted by molar-refractivity contribution is 0.645. The maximum atomic E-state index is 5.15. The van der Waals surface area contributed by atoms with E-state index in [1.165, 1.54) is 0 Å². The summed E-state index contributed by atoms with van der Waals surface area (Å²) in [6.45, 7) is 3.12. The third kappa shape index (κ3) is 1.55. The van der Waals surface area contributed by atoms with E-state index in [2.05, 4.69) is 26.4 Å². The number of nitrogens with one attached hydrogen (secondary N) is 1. The molecule has 1 N–H and O–H groups in total. The van der Waals surface area contributed by atoms with Crippen LogP contribution in [0.3, 0.4) is 0 Å². The second-order valence-corrected chi connectivity index (χ2v) is 3.58. The molecule has 0 saturated carbocycles. The quantitative estimate of drug-likeness (QED) is 0.787. The Kier molecular flexibility index (Phi) is 2.58. The van der Waals surface area contributed by atoms with Crippen molar-refractivity contribution in [3.63, 3.8) is 0 Å². The predicted molar refractivity (Wildman–Crippen MR) is 57.6 cm³/mol. The molecule has 0 bridgehead atoms. The zero-order valence-corrected chi connectivity index (χ0v) is 8.84. The molecule has 14 heavy (non-hydrogen) atoms. The summed E-state index contributed by atoms with van der Waals surface area (Å²) in [5.74, 6) is 0. The number of hydrogen-bond acceptors (Lipinski definition) is 3. The van der Waals surface area contributed by atoms with Crippen LogP contribution in [0.5, 0.6) is 0 Å². The Morgan fingerprint density at radius 2 is 2.36 bits per heavy atom. The van der Waals surface area contributed by atoms with Crippen molar-refractivity contribution >= 4 is 23.4 Å². The van der Waals surface area contributed by atoms with E-state index in [9.17, 15) is 0 Å². The molecule has 0 unspecified atom stereocenters. The SMILES string of the molecule is CCCCn1cnc2[nH]cnc(=S)c21. The molecular weight excluding hydrogens is 196 g/mol. The summed E-state index contributed by atoms with van der Waals surface area (Å²) in [5, 5.41) is 0. The van der Waals surface area contributed by atoms with Gasteiger partial charge in [-0.05, 0) is 6.42 Å². The van der Waals surface area contributed by atoms with E-state index in [1.807, 2.05) is 6.33 Å². The summed E-state index contributed by atoms with van der Waals surface area (Å²) in [4.78, 5) is 11.3. The summed E-state index contributed by atoms with van der Waals surface area (Å²) in [5.41, 5.74) is 1.76. The standard InChI is InChI=1S/C9H12N4S/c1-2-3-4-13-6-12-8-7(13)9(14)11-5-10-8/h5-6H,2-4H2,1H3,(H,10,11,14). The van der Waals surface area contributed by atoms with E-state index in [0.29, 0.717) is 4.64 Å². The number of nitrogens with zero attached hydrogens (tertiary/aromatic N) is 3. The lowest BCUT2D eigenvalue weighted by atomic mass is 10.3. The average molecular weight is 208 g/mol. The van der Waals surface area contributed by atoms with Gasteiger partial charge in [0.15, 0.2) is 10.3 Å². The van der Waals surface area contributed by atoms with E-state index < -0.39 is 0 Å². The van der Waals surface area contributed by atoms with Crippen LogP contribution in [-0.4, -0.2) is 19.5 Å². The highest BCUT2D eigenvalue weighted by atomic mass is 32.1. The molecule has 0 aromatic carbocycles. The largest absolute Gasteiger partial charge is 0.329 e. The van der Waals surface area contributed by atoms with Crippen molar-refractivity contribution in [2.24, 2.45) is 0 Å². The number of hydrogen-bond donors (Lipinski definition) is 1. The highest BCUT2D eigenvalue weighted by molar-refractivity contribution is 7.71. The minimum Gasteiger partial charge on any atom is -0.329 e. The van der Waals surface area contributed by atoms with Crippen molar-refractivity contribution in [2.45, 2.75) is 26.3 Å². The summed E-state index contributed by atoms with van der Waals surface area (Å²) < 4.78 is 2.68. The fourth-order valence-electron chi connectivity index (χ4n) is 1.42. The first-order chi connectivity index (χ1) is 6.83. The van der Waals surface area contributed by atoms with Gasteiger partial charge in [-0.25, -0.2) is 9.97 Å². The lowest BCUT2D eigenvalue weighted by Gasteiger charge is -2.01. The van der Waals surface area contributed by atoms with Crippen LogP contribution in [0, 0.1) is 4.64 Å². The summed E-state index contributed by atoms with van der Waals surface area (Å²) in [6, 6.07) is 0. The van der Waals surface area contributed by atoms with Crippen LogP contribution in [0.2, 0.25) is 0 Å². The van der Waals surface area contributed by atoms with Crippen LogP contribution in [0.25, 0.3) is 11.2 Å². The van der Waals surface area contributed by atoms with Crippen molar-refractivity contribution in [3.8, 4) is 0 Å². The van der Waals surface area contributed by atoms with Gasteiger partial charge < -0.3 is 9.55 Å². The topological polar surface area (TPSA) is 46.5 Å². The van der Waals surface area contributed by atoms with Gasteiger partial charge in [0.25, 0.3) is 0 Å². The van der Waals surface area contributed by atoms with Crippen molar-refractivity contribution < 1.29 is 0 Å². The number of aromatic amines is 1. The minimum absolute atomic E-state index is 0.618. The summed E-state index contributed by atoms with van der Waals surface area (Å²) in [7, 11) is 0. The maximum absolute atomic E-state index is 5.15. The van der Waals surface area contributed by atoms with Crippen molar-refractivity contribution in [1.29, 1.82) is 0 Å². The van der Waals surface area contributed by atoms with Gasteiger partial charge in [0.05, 0.1) is 12.7 Å². The van der Waals surface area contributed by atoms with E-state index in [4.69, 9.17) is 12.2 Å². The highest BCUT2D eigenvalue weighted by Crippen LogP contribution is 2.10. The zero-order valence-electron chi connectivity index (χ0n) is 8.03. The smallest absolute Gasteiger partial charge is 0.160 e. The number of fused-ring (bicyclic) bond motifs is 1. The van der Waals surface area contributed by atoms with Crippen LogP contribution >= 0.6 is 12.2 Å². The van der Waals surface area contributed by atoms with Gasteiger partial charge in [-0.2, -0.15) is 0 Å². The van der Waals surface area contributed by atoms with E-state index in [-0.39, 0.29) is 0 Å².